The summed E-state index contributed by atoms with van der Waals surface area (Å²) in [5, 5.41) is 3.02. The fourth-order valence-corrected chi connectivity index (χ4v) is 3.45. The Hall–Kier alpha value is -3.28. The van der Waals surface area contributed by atoms with Crippen molar-refractivity contribution in [2.75, 3.05) is 13.3 Å². The number of aryl methyl sites for hydroxylation is 1. The van der Waals surface area contributed by atoms with Gasteiger partial charge in [-0.3, -0.25) is 4.79 Å². The third-order valence-corrected chi connectivity index (χ3v) is 4.98. The maximum atomic E-state index is 12.7. The van der Waals surface area contributed by atoms with Crippen LogP contribution in [0.5, 0.6) is 11.5 Å². The van der Waals surface area contributed by atoms with Gasteiger partial charge in [0.25, 0.3) is 0 Å². The number of nitrogens with zero attached hydrogens (tertiary/aromatic N) is 2. The molecule has 1 N–H and O–H groups in total. The molecule has 2 aromatic carbocycles. The lowest BCUT2D eigenvalue weighted by atomic mass is 9.88. The fourth-order valence-electron chi connectivity index (χ4n) is 3.45. The normalized spacial score (nSPS) is 13.3. The zero-order valence-corrected chi connectivity index (χ0v) is 15.8. The summed E-state index contributed by atoms with van der Waals surface area (Å²) in [7, 11) is 1.95. The van der Waals surface area contributed by atoms with Crippen molar-refractivity contribution in [2.45, 2.75) is 18.8 Å². The van der Waals surface area contributed by atoms with Gasteiger partial charge >= 0.3 is 0 Å². The highest BCUT2D eigenvalue weighted by molar-refractivity contribution is 5.77. The monoisotopic (exact) mass is 377 g/mol. The third kappa shape index (κ3) is 4.01. The molecule has 0 aliphatic carbocycles. The molecule has 0 bridgehead atoms. The predicted molar refractivity (Wildman–Crippen MR) is 105 cm³/mol. The van der Waals surface area contributed by atoms with Gasteiger partial charge in [0.05, 0.1) is 0 Å². The van der Waals surface area contributed by atoms with E-state index in [-0.39, 0.29) is 18.6 Å². The highest BCUT2D eigenvalue weighted by Crippen LogP contribution is 2.37. The van der Waals surface area contributed by atoms with Crippen molar-refractivity contribution in [3.8, 4) is 11.5 Å². The molecule has 0 radical (unpaired) electrons. The van der Waals surface area contributed by atoms with E-state index in [1.807, 2.05) is 54.2 Å². The Morgan fingerprint density at radius 2 is 1.96 bits per heavy atom. The zero-order chi connectivity index (χ0) is 19.3. The van der Waals surface area contributed by atoms with Crippen molar-refractivity contribution < 1.29 is 14.3 Å². The summed E-state index contributed by atoms with van der Waals surface area (Å²) in [5.74, 6) is 2.39. The molecule has 1 unspecified atom stereocenters. The van der Waals surface area contributed by atoms with Crippen molar-refractivity contribution in [1.82, 2.24) is 14.9 Å². The molecule has 144 valence electrons. The summed E-state index contributed by atoms with van der Waals surface area (Å²) >= 11 is 0. The first-order valence-electron chi connectivity index (χ1n) is 9.38. The number of amides is 1. The molecular weight excluding hydrogens is 354 g/mol. The van der Waals surface area contributed by atoms with Gasteiger partial charge in [-0.1, -0.05) is 36.4 Å². The van der Waals surface area contributed by atoms with E-state index in [0.29, 0.717) is 19.4 Å². The Kier molecular flexibility index (Phi) is 5.28. The van der Waals surface area contributed by atoms with E-state index in [1.54, 1.807) is 6.20 Å². The van der Waals surface area contributed by atoms with Crippen LogP contribution in [0, 0.1) is 0 Å². The van der Waals surface area contributed by atoms with E-state index >= 15 is 0 Å². The van der Waals surface area contributed by atoms with E-state index < -0.39 is 0 Å². The first-order valence-corrected chi connectivity index (χ1v) is 9.38. The molecule has 2 heterocycles. The maximum Gasteiger partial charge on any atom is 0.231 e. The number of fused-ring (bicyclic) bond motifs is 1. The molecule has 6 nitrogen and oxygen atoms in total. The van der Waals surface area contributed by atoms with Gasteiger partial charge in [0.15, 0.2) is 11.5 Å². The average molecular weight is 377 g/mol. The molecule has 0 fully saturated rings. The molecule has 3 aromatic rings. The predicted octanol–water partition coefficient (Wildman–Crippen LogP) is 3.03. The van der Waals surface area contributed by atoms with Crippen LogP contribution in [0.2, 0.25) is 0 Å². The van der Waals surface area contributed by atoms with Crippen LogP contribution in [-0.4, -0.2) is 28.8 Å². The second-order valence-corrected chi connectivity index (χ2v) is 6.83. The van der Waals surface area contributed by atoms with Crippen LogP contribution in [0.15, 0.2) is 60.9 Å². The van der Waals surface area contributed by atoms with Gasteiger partial charge in [0, 0.05) is 44.7 Å². The third-order valence-electron chi connectivity index (χ3n) is 4.98. The van der Waals surface area contributed by atoms with Gasteiger partial charge in [-0.05, 0) is 23.3 Å². The summed E-state index contributed by atoms with van der Waals surface area (Å²) in [6.45, 7) is 0.800. The summed E-state index contributed by atoms with van der Waals surface area (Å²) in [5.41, 5.74) is 2.13. The molecule has 4 rings (SSSR count). The summed E-state index contributed by atoms with van der Waals surface area (Å²) < 4.78 is 12.9. The Bertz CT molecular complexity index is 953. The number of nitrogens with one attached hydrogen (secondary N) is 1. The average Bonchev–Trinajstić information content (AvgIpc) is 3.35. The quantitative estimate of drug-likeness (QED) is 0.687. The Labute approximate surface area is 164 Å². The minimum absolute atomic E-state index is 0.0146. The molecule has 0 saturated heterocycles. The number of hydrogen-bond acceptors (Lipinski definition) is 4. The van der Waals surface area contributed by atoms with E-state index in [0.717, 1.165) is 28.5 Å². The Balaban J connectivity index is 1.46. The van der Waals surface area contributed by atoms with Gasteiger partial charge in [0.2, 0.25) is 12.7 Å². The summed E-state index contributed by atoms with van der Waals surface area (Å²) in [4.78, 5) is 16.9. The van der Waals surface area contributed by atoms with Gasteiger partial charge in [-0.15, -0.1) is 0 Å². The molecule has 1 aromatic heterocycles. The van der Waals surface area contributed by atoms with Crippen LogP contribution in [0.25, 0.3) is 0 Å². The number of imidazole rings is 1. The van der Waals surface area contributed by atoms with Crippen LogP contribution in [0.4, 0.5) is 0 Å². The topological polar surface area (TPSA) is 65.4 Å². The van der Waals surface area contributed by atoms with Crippen molar-refractivity contribution in [1.29, 1.82) is 0 Å². The highest BCUT2D eigenvalue weighted by atomic mass is 16.7. The lowest BCUT2D eigenvalue weighted by molar-refractivity contribution is -0.121. The number of ether oxygens (including phenoxy) is 2. The van der Waals surface area contributed by atoms with Crippen LogP contribution < -0.4 is 14.8 Å². The van der Waals surface area contributed by atoms with Crippen LogP contribution in [-0.2, 0) is 18.3 Å². The van der Waals surface area contributed by atoms with E-state index in [1.165, 1.54) is 0 Å². The molecule has 0 saturated carbocycles. The van der Waals surface area contributed by atoms with Crippen LogP contribution in [0.3, 0.4) is 0 Å². The summed E-state index contributed by atoms with van der Waals surface area (Å²) in [6.07, 6.45) is 4.74. The van der Waals surface area contributed by atoms with Crippen molar-refractivity contribution in [2.24, 2.45) is 7.05 Å². The smallest absolute Gasteiger partial charge is 0.231 e. The molecule has 1 atom stereocenters. The van der Waals surface area contributed by atoms with Gasteiger partial charge in [-0.2, -0.15) is 0 Å². The first-order chi connectivity index (χ1) is 13.7. The number of hydrogen-bond donors (Lipinski definition) is 1. The van der Waals surface area contributed by atoms with Crippen molar-refractivity contribution in [3.63, 3.8) is 0 Å². The second-order valence-electron chi connectivity index (χ2n) is 6.83. The van der Waals surface area contributed by atoms with Crippen molar-refractivity contribution >= 4 is 5.91 Å². The lowest BCUT2D eigenvalue weighted by Crippen LogP contribution is -2.28. The molecular formula is C22H23N3O3. The van der Waals surface area contributed by atoms with E-state index in [9.17, 15) is 4.79 Å². The molecule has 1 aliphatic rings. The highest BCUT2D eigenvalue weighted by Gasteiger charge is 2.21. The SMILES string of the molecule is Cn1ccnc1CCNC(=O)CC(c1ccccc1)c1ccc2c(c1)OCO2. The second kappa shape index (κ2) is 8.17. The first kappa shape index (κ1) is 18.1. The van der Waals surface area contributed by atoms with Crippen LogP contribution >= 0.6 is 0 Å². The van der Waals surface area contributed by atoms with E-state index in [2.05, 4.69) is 22.4 Å². The molecule has 6 heteroatoms. The molecule has 1 amide bonds. The Morgan fingerprint density at radius 1 is 1.14 bits per heavy atom. The molecule has 28 heavy (non-hydrogen) atoms. The summed E-state index contributed by atoms with van der Waals surface area (Å²) in [6, 6.07) is 16.0. The Morgan fingerprint density at radius 3 is 2.75 bits per heavy atom. The lowest BCUT2D eigenvalue weighted by Gasteiger charge is -2.18. The van der Waals surface area contributed by atoms with Gasteiger partial charge in [0.1, 0.15) is 5.82 Å². The fraction of sp³-hybridized carbons (Fsp3) is 0.273. The number of rotatable bonds is 7. The molecule has 1 aliphatic heterocycles. The zero-order valence-electron chi connectivity index (χ0n) is 15.8. The number of benzene rings is 2. The van der Waals surface area contributed by atoms with Crippen molar-refractivity contribution in [3.05, 3.63) is 77.9 Å². The minimum atomic E-state index is -0.0520. The maximum absolute atomic E-state index is 12.7. The number of carbonyl (C=O) groups excluding carboxylic acids is 1. The number of aromatic nitrogens is 2. The minimum Gasteiger partial charge on any atom is -0.454 e. The standard InChI is InChI=1S/C22H23N3O3/c1-25-12-11-23-21(25)9-10-24-22(26)14-18(16-5-3-2-4-6-16)17-7-8-19-20(13-17)28-15-27-19/h2-8,11-13,18H,9-10,14-15H2,1H3,(H,24,26). The van der Waals surface area contributed by atoms with Gasteiger partial charge < -0.3 is 19.4 Å². The van der Waals surface area contributed by atoms with Gasteiger partial charge in [-0.25, -0.2) is 4.98 Å². The molecule has 0 spiro atoms. The number of carbonyl (C=O) groups is 1. The van der Waals surface area contributed by atoms with Crippen LogP contribution in [0.1, 0.15) is 29.3 Å². The van der Waals surface area contributed by atoms with E-state index in [4.69, 9.17) is 9.47 Å². The largest absolute Gasteiger partial charge is 0.454 e.